The fourth-order valence-electron chi connectivity index (χ4n) is 5.69. The summed E-state index contributed by atoms with van der Waals surface area (Å²) in [5.74, 6) is 1.50. The molecule has 0 spiro atoms. The topological polar surface area (TPSA) is 71.1 Å². The Kier molecular flexibility index (Phi) is 15.2. The van der Waals surface area contributed by atoms with Crippen LogP contribution in [0.2, 0.25) is 0 Å². The lowest BCUT2D eigenvalue weighted by molar-refractivity contribution is -0.108. The number of aryl methyl sites for hydroxylation is 1. The Balaban J connectivity index is 0.000000413. The average molecular weight is 616 g/mol. The number of nitrogens with one attached hydrogen (secondary N) is 2. The van der Waals surface area contributed by atoms with E-state index in [1.54, 1.807) is 12.3 Å². The molecule has 5 heteroatoms. The lowest BCUT2D eigenvalue weighted by atomic mass is 9.77. The summed E-state index contributed by atoms with van der Waals surface area (Å²) < 4.78 is 0. The molecule has 0 radical (unpaired) electrons. The van der Waals surface area contributed by atoms with Crippen molar-refractivity contribution in [2.24, 2.45) is 5.92 Å². The molecule has 240 valence electrons. The Bertz CT molecular complexity index is 1600. The largest absolute Gasteiger partial charge is 0.335 e. The van der Waals surface area contributed by atoms with Crippen molar-refractivity contribution in [1.82, 2.24) is 10.3 Å². The van der Waals surface area contributed by atoms with Crippen LogP contribution in [0, 0.1) is 12.8 Å². The van der Waals surface area contributed by atoms with E-state index < -0.39 is 0 Å². The van der Waals surface area contributed by atoms with Crippen molar-refractivity contribution in [2.45, 2.75) is 72.6 Å². The maximum atomic E-state index is 13.0. The van der Waals surface area contributed by atoms with Gasteiger partial charge in [-0.1, -0.05) is 106 Å². The van der Waals surface area contributed by atoms with E-state index in [0.717, 1.165) is 33.8 Å². The van der Waals surface area contributed by atoms with Gasteiger partial charge >= 0.3 is 0 Å². The fourth-order valence-corrected chi connectivity index (χ4v) is 5.69. The standard InChI is InChI=1S/C31H32N2O.C8H11NO.C2H6/c1-3-22-9-11-23(12-10-22)24-13-15-25(16-14-24)26-17-18-28-29(19-21(2)32-30(28)20-26)31(34)33-27-7-5-4-6-8-27;1-2-3-4-5-6-7-9-8-10;1-2/h4-8,13-20,22-23H,3,9-12H2,1-2H3,(H,33,34);2-8H,1H3,(H,9,10);1-2H3/b;3-2-,5-4-,7-6+;. The number of hydrogen-bond donors (Lipinski definition) is 2. The van der Waals surface area contributed by atoms with Crippen LogP contribution in [0.1, 0.15) is 87.3 Å². The van der Waals surface area contributed by atoms with Crippen LogP contribution in [0.4, 0.5) is 5.69 Å². The maximum Gasteiger partial charge on any atom is 0.256 e. The van der Waals surface area contributed by atoms with Crippen molar-refractivity contribution in [3.63, 3.8) is 0 Å². The molecule has 1 fully saturated rings. The van der Waals surface area contributed by atoms with Gasteiger partial charge in [0.15, 0.2) is 0 Å². The van der Waals surface area contributed by atoms with Gasteiger partial charge in [0.2, 0.25) is 6.41 Å². The van der Waals surface area contributed by atoms with Gasteiger partial charge < -0.3 is 10.6 Å². The van der Waals surface area contributed by atoms with Crippen LogP contribution in [-0.4, -0.2) is 17.3 Å². The van der Waals surface area contributed by atoms with Gasteiger partial charge in [0.05, 0.1) is 11.1 Å². The number of nitrogens with zero attached hydrogens (tertiary/aromatic N) is 1. The van der Waals surface area contributed by atoms with E-state index in [2.05, 4.69) is 54.0 Å². The molecule has 1 aromatic heterocycles. The predicted octanol–water partition coefficient (Wildman–Crippen LogP) is 10.6. The van der Waals surface area contributed by atoms with E-state index in [0.29, 0.717) is 17.9 Å². The molecule has 3 aromatic carbocycles. The fraction of sp³-hybridized carbons (Fsp3) is 0.293. The first-order chi connectivity index (χ1) is 22.5. The second-order valence-electron chi connectivity index (χ2n) is 11.2. The molecule has 1 saturated carbocycles. The molecule has 0 bridgehead atoms. The summed E-state index contributed by atoms with van der Waals surface area (Å²) >= 11 is 0. The maximum absolute atomic E-state index is 13.0. The third kappa shape index (κ3) is 10.7. The van der Waals surface area contributed by atoms with E-state index in [1.165, 1.54) is 43.2 Å². The van der Waals surface area contributed by atoms with Crippen LogP contribution in [0.3, 0.4) is 0 Å². The van der Waals surface area contributed by atoms with Crippen molar-refractivity contribution < 1.29 is 9.59 Å². The molecule has 1 aliphatic rings. The van der Waals surface area contributed by atoms with Crippen LogP contribution in [0.5, 0.6) is 0 Å². The highest BCUT2D eigenvalue weighted by atomic mass is 16.1. The first kappa shape index (κ1) is 35.7. The molecule has 2 amide bonds. The van der Waals surface area contributed by atoms with Crippen LogP contribution < -0.4 is 10.6 Å². The second kappa shape index (κ2) is 19.6. The minimum atomic E-state index is -0.114. The van der Waals surface area contributed by atoms with Crippen LogP contribution in [0.15, 0.2) is 115 Å². The third-order valence-electron chi connectivity index (χ3n) is 8.14. The normalized spacial score (nSPS) is 16.0. The zero-order valence-electron chi connectivity index (χ0n) is 28.0. The molecular formula is C41H49N3O2. The number of benzene rings is 3. The zero-order chi connectivity index (χ0) is 33.1. The summed E-state index contributed by atoms with van der Waals surface area (Å²) in [4.78, 5) is 27.5. The van der Waals surface area contributed by atoms with Crippen molar-refractivity contribution in [3.05, 3.63) is 132 Å². The number of fused-ring (bicyclic) bond motifs is 1. The van der Waals surface area contributed by atoms with Gasteiger partial charge in [-0.3, -0.25) is 14.6 Å². The quantitative estimate of drug-likeness (QED) is 0.145. The predicted molar refractivity (Wildman–Crippen MR) is 195 cm³/mol. The summed E-state index contributed by atoms with van der Waals surface area (Å²) in [6.07, 6.45) is 18.1. The molecule has 0 aliphatic heterocycles. The third-order valence-corrected chi connectivity index (χ3v) is 8.14. The Hall–Kier alpha value is -4.77. The van der Waals surface area contributed by atoms with Gasteiger partial charge in [0.1, 0.15) is 0 Å². The number of pyridine rings is 1. The number of carbonyl (C=O) groups is 2. The first-order valence-corrected chi connectivity index (χ1v) is 16.5. The van der Waals surface area contributed by atoms with Crippen molar-refractivity contribution >= 4 is 28.9 Å². The Morgan fingerprint density at radius 2 is 1.52 bits per heavy atom. The number of allylic oxidation sites excluding steroid dienone is 5. The first-order valence-electron chi connectivity index (χ1n) is 16.5. The number of rotatable bonds is 9. The second-order valence-corrected chi connectivity index (χ2v) is 11.2. The van der Waals surface area contributed by atoms with Gasteiger partial charge in [-0.25, -0.2) is 0 Å². The van der Waals surface area contributed by atoms with Gasteiger partial charge in [0, 0.05) is 23.0 Å². The van der Waals surface area contributed by atoms with Gasteiger partial charge in [-0.2, -0.15) is 0 Å². The van der Waals surface area contributed by atoms with E-state index in [4.69, 9.17) is 4.98 Å². The Morgan fingerprint density at radius 1 is 0.848 bits per heavy atom. The Labute approximate surface area is 275 Å². The van der Waals surface area contributed by atoms with Crippen molar-refractivity contribution in [2.75, 3.05) is 5.32 Å². The van der Waals surface area contributed by atoms with Gasteiger partial charge in [0.25, 0.3) is 5.91 Å². The molecule has 5 nitrogen and oxygen atoms in total. The van der Waals surface area contributed by atoms with Gasteiger partial charge in [-0.05, 0) is 98.4 Å². The monoisotopic (exact) mass is 615 g/mol. The number of aromatic nitrogens is 1. The highest BCUT2D eigenvalue weighted by Crippen LogP contribution is 2.37. The lowest BCUT2D eigenvalue weighted by Gasteiger charge is -2.28. The number of carbonyl (C=O) groups excluding carboxylic acids is 2. The van der Waals surface area contributed by atoms with Crippen LogP contribution in [-0.2, 0) is 4.79 Å². The number of hydrogen-bond acceptors (Lipinski definition) is 3. The van der Waals surface area contributed by atoms with Crippen LogP contribution >= 0.6 is 0 Å². The summed E-state index contributed by atoms with van der Waals surface area (Å²) in [6, 6.07) is 26.7. The summed E-state index contributed by atoms with van der Waals surface area (Å²) in [6.45, 7) is 10.2. The van der Waals surface area contributed by atoms with E-state index >= 15 is 0 Å². The average Bonchev–Trinajstić information content (AvgIpc) is 3.11. The molecule has 0 saturated heterocycles. The summed E-state index contributed by atoms with van der Waals surface area (Å²) in [5, 5.41) is 6.26. The van der Waals surface area contributed by atoms with E-state index in [-0.39, 0.29) is 5.91 Å². The minimum absolute atomic E-state index is 0.114. The number of amides is 2. The molecular weight excluding hydrogens is 566 g/mol. The van der Waals surface area contributed by atoms with Crippen molar-refractivity contribution in [1.29, 1.82) is 0 Å². The minimum Gasteiger partial charge on any atom is -0.335 e. The van der Waals surface area contributed by atoms with E-state index in [1.807, 2.05) is 94.5 Å². The number of anilines is 1. The highest BCUT2D eigenvalue weighted by molar-refractivity contribution is 6.12. The molecule has 0 atom stereocenters. The summed E-state index contributed by atoms with van der Waals surface area (Å²) in [5.41, 5.74) is 6.89. The Morgan fingerprint density at radius 3 is 2.17 bits per heavy atom. The molecule has 0 unspecified atom stereocenters. The van der Waals surface area contributed by atoms with Crippen molar-refractivity contribution in [3.8, 4) is 11.1 Å². The molecule has 5 rings (SSSR count). The van der Waals surface area contributed by atoms with Gasteiger partial charge in [-0.15, -0.1) is 0 Å². The van der Waals surface area contributed by atoms with Crippen LogP contribution in [0.25, 0.3) is 22.0 Å². The zero-order valence-corrected chi connectivity index (χ0v) is 28.0. The molecule has 2 N–H and O–H groups in total. The molecule has 1 aliphatic carbocycles. The summed E-state index contributed by atoms with van der Waals surface area (Å²) in [7, 11) is 0. The molecule has 4 aromatic rings. The lowest BCUT2D eigenvalue weighted by Crippen LogP contribution is -2.13. The van der Waals surface area contributed by atoms with E-state index in [9.17, 15) is 9.59 Å². The molecule has 1 heterocycles. The number of para-hydroxylation sites is 1. The smallest absolute Gasteiger partial charge is 0.256 e. The SMILES string of the molecule is CC.CCC1CCC(c2ccc(-c3ccc4c(C(=O)Nc5ccccc5)cc(C)nc4c3)cc2)CC1.C\C=C/C=C\C=C\NC=O. The molecule has 46 heavy (non-hydrogen) atoms. The highest BCUT2D eigenvalue weighted by Gasteiger charge is 2.21.